The van der Waals surface area contributed by atoms with Gasteiger partial charge in [-0.05, 0) is 49.9 Å². The van der Waals surface area contributed by atoms with Gasteiger partial charge >= 0.3 is 12.2 Å². The molecule has 0 radical (unpaired) electrons. The zero-order valence-corrected chi connectivity index (χ0v) is 22.2. The fraction of sp³-hybridized carbons (Fsp3) is 0.357. The molecule has 1 aliphatic heterocycles. The summed E-state index contributed by atoms with van der Waals surface area (Å²) in [4.78, 5) is 54.9. The Bertz CT molecular complexity index is 1360. The summed E-state index contributed by atoms with van der Waals surface area (Å²) in [5, 5.41) is 3.46. The van der Waals surface area contributed by atoms with Crippen LogP contribution in [-0.4, -0.2) is 58.7 Å². The molecule has 4 rings (SSSR count). The highest BCUT2D eigenvalue weighted by atomic mass is 16.6. The molecule has 0 saturated carbocycles. The van der Waals surface area contributed by atoms with Gasteiger partial charge in [-0.1, -0.05) is 42.5 Å². The van der Waals surface area contributed by atoms with Crippen LogP contribution in [0.3, 0.4) is 0 Å². The second-order valence-corrected chi connectivity index (χ2v) is 10.3. The molecule has 11 nitrogen and oxygen atoms in total. The lowest BCUT2D eigenvalue weighted by Gasteiger charge is -2.28. The summed E-state index contributed by atoms with van der Waals surface area (Å²) in [5.74, 6) is -1.03. The Hall–Kier alpha value is -4.54. The maximum absolute atomic E-state index is 13.0. The predicted octanol–water partition coefficient (Wildman–Crippen LogP) is 2.95. The van der Waals surface area contributed by atoms with E-state index in [0.29, 0.717) is 13.1 Å². The summed E-state index contributed by atoms with van der Waals surface area (Å²) >= 11 is 0. The number of hydrazine groups is 1. The normalized spacial score (nSPS) is 13.7. The van der Waals surface area contributed by atoms with E-state index in [1.54, 1.807) is 31.9 Å². The van der Waals surface area contributed by atoms with E-state index in [9.17, 15) is 19.2 Å². The number of ether oxygens (including phenoxy) is 2. The summed E-state index contributed by atoms with van der Waals surface area (Å²) in [6, 6.07) is 14.4. The third-order valence-corrected chi connectivity index (χ3v) is 6.20. The van der Waals surface area contributed by atoms with Gasteiger partial charge in [-0.25, -0.2) is 15.0 Å². The number of nitrogens with one attached hydrogen (secondary N) is 4. The molecule has 4 amide bonds. The second kappa shape index (κ2) is 11.9. The fourth-order valence-electron chi connectivity index (χ4n) is 4.34. The van der Waals surface area contributed by atoms with Crippen LogP contribution in [0.2, 0.25) is 0 Å². The number of aromatic nitrogens is 1. The van der Waals surface area contributed by atoms with Crippen molar-refractivity contribution in [2.24, 2.45) is 0 Å². The number of carbonyl (C=O) groups excluding carboxylic acids is 4. The highest BCUT2D eigenvalue weighted by Gasteiger charge is 2.27. The molecule has 1 aromatic heterocycles. The zero-order valence-electron chi connectivity index (χ0n) is 22.2. The quantitative estimate of drug-likeness (QED) is 0.358. The van der Waals surface area contributed by atoms with Crippen molar-refractivity contribution in [3.05, 3.63) is 71.4 Å². The molecular weight excluding hydrogens is 502 g/mol. The van der Waals surface area contributed by atoms with Crippen LogP contribution in [0.4, 0.5) is 9.59 Å². The summed E-state index contributed by atoms with van der Waals surface area (Å²) in [7, 11) is 0. The van der Waals surface area contributed by atoms with Crippen LogP contribution >= 0.6 is 0 Å². The van der Waals surface area contributed by atoms with Gasteiger partial charge in [-0.2, -0.15) is 0 Å². The Balaban J connectivity index is 1.31. The monoisotopic (exact) mass is 535 g/mol. The highest BCUT2D eigenvalue weighted by Crippen LogP contribution is 2.20. The molecular formula is C28H33N5O6. The predicted molar refractivity (Wildman–Crippen MR) is 143 cm³/mol. The van der Waals surface area contributed by atoms with Gasteiger partial charge in [0.15, 0.2) is 6.61 Å². The van der Waals surface area contributed by atoms with Crippen LogP contribution in [0.25, 0.3) is 10.9 Å². The maximum atomic E-state index is 13.0. The molecule has 0 fully saturated rings. The van der Waals surface area contributed by atoms with E-state index < -0.39 is 36.3 Å². The number of H-pyrrole nitrogens is 1. The number of benzene rings is 2. The zero-order chi connectivity index (χ0) is 28.0. The Kier molecular flexibility index (Phi) is 8.38. The second-order valence-electron chi connectivity index (χ2n) is 10.3. The van der Waals surface area contributed by atoms with Crippen molar-refractivity contribution in [3.63, 3.8) is 0 Å². The van der Waals surface area contributed by atoms with Gasteiger partial charge in [0, 0.05) is 36.6 Å². The standard InChI is InChI=1S/C28H33N5O6/c1-28(2,3)39-26(36)30-23(14-20-15-29-22-11-7-6-10-21(20)22)25(35)31-32-27(37)38-17-24(34)33-13-12-18-8-4-5-9-19(18)16-33/h4-11,15,23,29H,12-14,16-17H2,1-3H3,(H,30,36)(H,31,35)(H,32,37)/t23-/m1/s1. The first-order chi connectivity index (χ1) is 18.6. The number of carbonyl (C=O) groups is 4. The average molecular weight is 536 g/mol. The molecule has 1 atom stereocenters. The number of rotatable bonds is 6. The lowest BCUT2D eigenvalue weighted by atomic mass is 10.00. The third kappa shape index (κ3) is 7.50. The molecule has 3 aromatic rings. The minimum absolute atomic E-state index is 0.126. The summed E-state index contributed by atoms with van der Waals surface area (Å²) < 4.78 is 10.3. The van der Waals surface area contributed by atoms with Crippen molar-refractivity contribution in [1.29, 1.82) is 0 Å². The van der Waals surface area contributed by atoms with E-state index >= 15 is 0 Å². The van der Waals surface area contributed by atoms with Crippen LogP contribution in [-0.2, 0) is 38.4 Å². The maximum Gasteiger partial charge on any atom is 0.426 e. The number of fused-ring (bicyclic) bond motifs is 2. The van der Waals surface area contributed by atoms with Crippen molar-refractivity contribution in [3.8, 4) is 0 Å². The number of hydrogen-bond acceptors (Lipinski definition) is 6. The molecule has 0 saturated heterocycles. The van der Waals surface area contributed by atoms with Crippen molar-refractivity contribution in [1.82, 2.24) is 26.1 Å². The lowest BCUT2D eigenvalue weighted by molar-refractivity contribution is -0.135. The third-order valence-electron chi connectivity index (χ3n) is 6.20. The molecule has 0 bridgehead atoms. The minimum Gasteiger partial charge on any atom is -0.444 e. The number of amides is 4. The fourth-order valence-corrected chi connectivity index (χ4v) is 4.34. The number of hydrogen-bond donors (Lipinski definition) is 4. The lowest BCUT2D eigenvalue weighted by Crippen LogP contribution is -2.54. The first-order valence-corrected chi connectivity index (χ1v) is 12.7. The molecule has 0 aliphatic carbocycles. The largest absolute Gasteiger partial charge is 0.444 e. The van der Waals surface area contributed by atoms with Gasteiger partial charge in [0.1, 0.15) is 11.6 Å². The average Bonchev–Trinajstić information content (AvgIpc) is 3.31. The van der Waals surface area contributed by atoms with E-state index in [1.807, 2.05) is 48.5 Å². The van der Waals surface area contributed by atoms with E-state index in [2.05, 4.69) is 21.2 Å². The summed E-state index contributed by atoms with van der Waals surface area (Å²) in [5.41, 5.74) is 7.57. The minimum atomic E-state index is -1.07. The van der Waals surface area contributed by atoms with Crippen LogP contribution < -0.4 is 16.2 Å². The van der Waals surface area contributed by atoms with Crippen LogP contribution in [0, 0.1) is 0 Å². The van der Waals surface area contributed by atoms with Crippen molar-refractivity contribution in [2.45, 2.75) is 51.8 Å². The van der Waals surface area contributed by atoms with Crippen LogP contribution in [0.1, 0.15) is 37.5 Å². The Morgan fingerprint density at radius 1 is 0.974 bits per heavy atom. The van der Waals surface area contributed by atoms with E-state index in [-0.39, 0.29) is 12.3 Å². The smallest absolute Gasteiger partial charge is 0.426 e. The molecule has 206 valence electrons. The summed E-state index contributed by atoms with van der Waals surface area (Å²) in [6.07, 6.45) is 0.831. The first-order valence-electron chi connectivity index (χ1n) is 12.7. The van der Waals surface area contributed by atoms with Gasteiger partial charge in [-0.3, -0.25) is 15.0 Å². The molecule has 0 unspecified atom stereocenters. The number of aromatic amines is 1. The van der Waals surface area contributed by atoms with E-state index in [4.69, 9.17) is 9.47 Å². The molecule has 2 aromatic carbocycles. The van der Waals surface area contributed by atoms with Gasteiger partial charge < -0.3 is 24.7 Å². The Morgan fingerprint density at radius 2 is 1.69 bits per heavy atom. The number of alkyl carbamates (subject to hydrolysis) is 1. The number of para-hydroxylation sites is 1. The van der Waals surface area contributed by atoms with Gasteiger partial charge in [0.25, 0.3) is 11.8 Å². The van der Waals surface area contributed by atoms with E-state index in [1.165, 1.54) is 5.56 Å². The molecule has 39 heavy (non-hydrogen) atoms. The van der Waals surface area contributed by atoms with E-state index in [0.717, 1.165) is 28.5 Å². The van der Waals surface area contributed by atoms with Crippen LogP contribution in [0.5, 0.6) is 0 Å². The first kappa shape index (κ1) is 27.5. The van der Waals surface area contributed by atoms with Gasteiger partial charge in [0.05, 0.1) is 0 Å². The van der Waals surface area contributed by atoms with Crippen molar-refractivity contribution < 1.29 is 28.7 Å². The van der Waals surface area contributed by atoms with Crippen molar-refractivity contribution in [2.75, 3.05) is 13.2 Å². The van der Waals surface area contributed by atoms with Crippen LogP contribution in [0.15, 0.2) is 54.7 Å². The molecule has 11 heteroatoms. The number of nitrogens with zero attached hydrogens (tertiary/aromatic N) is 1. The molecule has 1 aliphatic rings. The Labute approximate surface area is 226 Å². The molecule has 2 heterocycles. The highest BCUT2D eigenvalue weighted by molar-refractivity contribution is 5.89. The SMILES string of the molecule is CC(C)(C)OC(=O)N[C@H](Cc1c[nH]c2ccccc12)C(=O)NNC(=O)OCC(=O)N1CCc2ccccc2C1. The summed E-state index contributed by atoms with van der Waals surface area (Å²) in [6.45, 7) is 5.64. The van der Waals surface area contributed by atoms with Gasteiger partial charge in [-0.15, -0.1) is 0 Å². The van der Waals surface area contributed by atoms with Gasteiger partial charge in [0.2, 0.25) is 0 Å². The molecule has 0 spiro atoms. The Morgan fingerprint density at radius 3 is 2.46 bits per heavy atom. The molecule has 4 N–H and O–H groups in total. The topological polar surface area (TPSA) is 142 Å². The van der Waals surface area contributed by atoms with Crippen molar-refractivity contribution >= 4 is 34.9 Å².